The zero-order chi connectivity index (χ0) is 35.1. The second-order valence-electron chi connectivity index (χ2n) is 13.0. The Balaban J connectivity index is 1.05. The van der Waals surface area contributed by atoms with Gasteiger partial charge in [0.2, 0.25) is 0 Å². The van der Waals surface area contributed by atoms with Crippen molar-refractivity contribution in [3.05, 3.63) is 176 Å². The van der Waals surface area contributed by atoms with Crippen molar-refractivity contribution in [2.24, 2.45) is 0 Å². The molecule has 3 aromatic heterocycles. The maximum atomic E-state index is 5.25. The number of nitrogens with zero attached hydrogens (tertiary/aromatic N) is 5. The quantitative estimate of drug-likeness (QED) is 0.162. The van der Waals surface area contributed by atoms with E-state index >= 15 is 0 Å². The summed E-state index contributed by atoms with van der Waals surface area (Å²) in [5.41, 5.74) is 14.1. The van der Waals surface area contributed by atoms with Gasteiger partial charge in [-0.2, -0.15) is 8.75 Å². The van der Waals surface area contributed by atoms with Crippen LogP contribution >= 0.6 is 11.7 Å². The maximum absolute atomic E-state index is 5.25. The van der Waals surface area contributed by atoms with Crippen molar-refractivity contribution in [2.75, 3.05) is 0 Å². The van der Waals surface area contributed by atoms with Gasteiger partial charge in [-0.05, 0) is 46.5 Å². The van der Waals surface area contributed by atoms with Gasteiger partial charge in [0.15, 0.2) is 5.82 Å². The normalized spacial score (nSPS) is 11.4. The van der Waals surface area contributed by atoms with Crippen LogP contribution < -0.4 is 0 Å². The van der Waals surface area contributed by atoms with Gasteiger partial charge in [0.05, 0.1) is 34.3 Å². The van der Waals surface area contributed by atoms with Gasteiger partial charge in [-0.1, -0.05) is 152 Å². The summed E-state index contributed by atoms with van der Waals surface area (Å²) < 4.78 is 9.25. The average molecular weight is 696 g/mol. The van der Waals surface area contributed by atoms with E-state index in [4.69, 9.17) is 19.3 Å². The van der Waals surface area contributed by atoms with E-state index in [-0.39, 0.29) is 0 Å². The fourth-order valence-electron chi connectivity index (χ4n) is 7.09. The zero-order valence-electron chi connectivity index (χ0n) is 28.4. The molecule has 0 unspecified atom stereocenters. The first kappa shape index (κ1) is 30.9. The van der Waals surface area contributed by atoms with Crippen molar-refractivity contribution in [2.45, 2.75) is 0 Å². The summed E-state index contributed by atoms with van der Waals surface area (Å²) in [7, 11) is 0. The smallest absolute Gasteiger partial charge is 0.160 e. The predicted molar refractivity (Wildman–Crippen MR) is 218 cm³/mol. The van der Waals surface area contributed by atoms with E-state index in [1.807, 2.05) is 36.4 Å². The molecule has 248 valence electrons. The molecule has 0 atom stereocenters. The molecule has 3 heterocycles. The molecule has 10 rings (SSSR count). The average Bonchev–Trinajstić information content (AvgIpc) is 3.74. The molecule has 53 heavy (non-hydrogen) atoms. The number of hydrogen-bond acceptors (Lipinski definition) is 6. The maximum Gasteiger partial charge on any atom is 0.160 e. The Labute approximate surface area is 310 Å². The number of benzene rings is 7. The molecule has 0 radical (unpaired) electrons. The van der Waals surface area contributed by atoms with Crippen LogP contribution in [0, 0.1) is 0 Å². The fraction of sp³-hybridized carbons (Fsp3) is 0. The lowest BCUT2D eigenvalue weighted by Gasteiger charge is -2.12. The number of hydrogen-bond donors (Lipinski definition) is 0. The summed E-state index contributed by atoms with van der Waals surface area (Å²) in [6.07, 6.45) is 0. The van der Waals surface area contributed by atoms with E-state index in [1.54, 1.807) is 0 Å². The number of rotatable bonds is 6. The van der Waals surface area contributed by atoms with Crippen LogP contribution in [-0.2, 0) is 0 Å². The molecule has 0 aliphatic rings. The van der Waals surface area contributed by atoms with Crippen LogP contribution in [-0.4, -0.2) is 23.7 Å². The third-order valence-electron chi connectivity index (χ3n) is 9.79. The Morgan fingerprint density at radius 1 is 0.340 bits per heavy atom. The SMILES string of the molecule is c1ccc(-c2ccc(-c3nc(-c4ccccc4)cc(-c4ccc(-c5ccc6c(c5)nc(-c5ccccc5)c5ccc7nsnc7c56)cc4)n3)cc2)cc1. The molecule has 0 fully saturated rings. The number of aromatic nitrogens is 5. The Hall–Kier alpha value is -6.89. The summed E-state index contributed by atoms with van der Waals surface area (Å²) in [4.78, 5) is 15.4. The van der Waals surface area contributed by atoms with Crippen LogP contribution in [0.3, 0.4) is 0 Å². The molecule has 7 aromatic carbocycles. The molecule has 6 heteroatoms. The molecule has 10 aromatic rings. The highest BCUT2D eigenvalue weighted by atomic mass is 32.1. The van der Waals surface area contributed by atoms with Crippen molar-refractivity contribution in [1.29, 1.82) is 0 Å². The van der Waals surface area contributed by atoms with Crippen LogP contribution in [0.4, 0.5) is 0 Å². The van der Waals surface area contributed by atoms with Crippen molar-refractivity contribution in [3.63, 3.8) is 0 Å². The molecule has 5 nitrogen and oxygen atoms in total. The minimum absolute atomic E-state index is 0.691. The molecule has 0 N–H and O–H groups in total. The standard InChI is InChI=1S/C47H29N5S/c1-4-10-30(11-5-1)31-18-22-36(23-19-31)47-49-41(33-12-6-2-7-13-33)29-42(50-47)34-20-16-32(17-21-34)37-24-25-38-43(28-37)48-45(35-14-8-3-9-15-35)39-26-27-40-46(44(38)39)52-53-51-40/h1-29H. The third kappa shape index (κ3) is 5.72. The van der Waals surface area contributed by atoms with Gasteiger partial charge in [-0.25, -0.2) is 15.0 Å². The third-order valence-corrected chi connectivity index (χ3v) is 10.3. The predicted octanol–water partition coefficient (Wildman–Crippen LogP) is 12.2. The van der Waals surface area contributed by atoms with E-state index in [2.05, 4.69) is 144 Å². The van der Waals surface area contributed by atoms with Crippen molar-refractivity contribution in [1.82, 2.24) is 23.7 Å². The van der Waals surface area contributed by atoms with Crippen LogP contribution in [0.15, 0.2) is 176 Å². The monoisotopic (exact) mass is 695 g/mol. The Morgan fingerprint density at radius 3 is 1.53 bits per heavy atom. The van der Waals surface area contributed by atoms with Crippen molar-refractivity contribution >= 4 is 44.4 Å². The minimum Gasteiger partial charge on any atom is -0.247 e. The van der Waals surface area contributed by atoms with E-state index in [0.29, 0.717) is 5.82 Å². The second-order valence-corrected chi connectivity index (χ2v) is 13.6. The summed E-state index contributed by atoms with van der Waals surface area (Å²) in [6.45, 7) is 0. The molecule has 0 saturated heterocycles. The molecule has 0 amide bonds. The fourth-order valence-corrected chi connectivity index (χ4v) is 7.63. The molecule has 0 saturated carbocycles. The van der Waals surface area contributed by atoms with Gasteiger partial charge in [0.1, 0.15) is 11.0 Å². The topological polar surface area (TPSA) is 64.5 Å². The molecular formula is C47H29N5S. The van der Waals surface area contributed by atoms with Crippen molar-refractivity contribution in [3.8, 4) is 67.4 Å². The van der Waals surface area contributed by atoms with E-state index in [9.17, 15) is 0 Å². The van der Waals surface area contributed by atoms with Gasteiger partial charge in [-0.15, -0.1) is 0 Å². The molecule has 0 aliphatic heterocycles. The van der Waals surface area contributed by atoms with E-state index in [1.165, 1.54) is 17.3 Å². The number of pyridine rings is 1. The van der Waals surface area contributed by atoms with Gasteiger partial charge < -0.3 is 0 Å². The highest BCUT2D eigenvalue weighted by molar-refractivity contribution is 7.00. The summed E-state index contributed by atoms with van der Waals surface area (Å²) >= 11 is 1.25. The highest BCUT2D eigenvalue weighted by Crippen LogP contribution is 2.38. The molecular weight excluding hydrogens is 667 g/mol. The lowest BCUT2D eigenvalue weighted by Crippen LogP contribution is -1.96. The Morgan fingerprint density at radius 2 is 0.849 bits per heavy atom. The second kappa shape index (κ2) is 13.0. The largest absolute Gasteiger partial charge is 0.247 e. The van der Waals surface area contributed by atoms with Crippen LogP contribution in [0.5, 0.6) is 0 Å². The Bertz CT molecular complexity index is 2910. The first-order valence-corrected chi connectivity index (χ1v) is 18.2. The Kier molecular flexibility index (Phi) is 7.59. The van der Waals surface area contributed by atoms with Crippen LogP contribution in [0.25, 0.3) is 100 Å². The lowest BCUT2D eigenvalue weighted by atomic mass is 9.96. The van der Waals surface area contributed by atoms with Gasteiger partial charge in [0, 0.05) is 38.4 Å². The van der Waals surface area contributed by atoms with Crippen LogP contribution in [0.2, 0.25) is 0 Å². The summed E-state index contributed by atoms with van der Waals surface area (Å²) in [5.74, 6) is 0.691. The number of fused-ring (bicyclic) bond motifs is 5. The first-order valence-electron chi connectivity index (χ1n) is 17.5. The zero-order valence-corrected chi connectivity index (χ0v) is 29.2. The lowest BCUT2D eigenvalue weighted by molar-refractivity contribution is 1.18. The molecule has 0 spiro atoms. The van der Waals surface area contributed by atoms with E-state index in [0.717, 1.165) is 88.7 Å². The minimum atomic E-state index is 0.691. The van der Waals surface area contributed by atoms with Gasteiger partial charge >= 0.3 is 0 Å². The van der Waals surface area contributed by atoms with E-state index < -0.39 is 0 Å². The van der Waals surface area contributed by atoms with Crippen LogP contribution in [0.1, 0.15) is 0 Å². The molecule has 0 aliphatic carbocycles. The molecule has 0 bridgehead atoms. The summed E-state index contributed by atoms with van der Waals surface area (Å²) in [6, 6.07) is 61.0. The van der Waals surface area contributed by atoms with Gasteiger partial charge in [0.25, 0.3) is 0 Å². The summed E-state index contributed by atoms with van der Waals surface area (Å²) in [5, 5.41) is 3.23. The van der Waals surface area contributed by atoms with Crippen molar-refractivity contribution < 1.29 is 0 Å². The highest BCUT2D eigenvalue weighted by Gasteiger charge is 2.16. The first-order chi connectivity index (χ1) is 26.2. The van der Waals surface area contributed by atoms with Gasteiger partial charge in [-0.3, -0.25) is 0 Å².